The van der Waals surface area contributed by atoms with Crippen LogP contribution in [0.5, 0.6) is 23.0 Å². The van der Waals surface area contributed by atoms with Crippen molar-refractivity contribution >= 4 is 53.4 Å². The number of carbonyl (C=O) groups is 2. The third kappa shape index (κ3) is 11.2. The van der Waals surface area contributed by atoms with Crippen LogP contribution >= 0.6 is 12.6 Å². The highest BCUT2D eigenvalue weighted by atomic mass is 32.1. The number of ether oxygens (including phenoxy) is 7. The zero-order chi connectivity index (χ0) is 48.7. The van der Waals surface area contributed by atoms with Gasteiger partial charge in [0.2, 0.25) is 0 Å². The van der Waals surface area contributed by atoms with Crippen molar-refractivity contribution in [3.8, 4) is 35.3 Å². The van der Waals surface area contributed by atoms with E-state index in [1.165, 1.54) is 0 Å². The Morgan fingerprint density at radius 1 is 0.841 bits per heavy atom. The van der Waals surface area contributed by atoms with E-state index in [-0.39, 0.29) is 41.9 Å². The number of amides is 2. The van der Waals surface area contributed by atoms with Crippen LogP contribution in [0.25, 0.3) is 0 Å². The average Bonchev–Trinajstić information content (AvgIpc) is 3.79. The van der Waals surface area contributed by atoms with E-state index in [4.69, 9.17) is 57.2 Å². The van der Waals surface area contributed by atoms with Gasteiger partial charge in [0.15, 0.2) is 23.0 Å². The lowest BCUT2D eigenvalue weighted by molar-refractivity contribution is 0.0264. The summed E-state index contributed by atoms with van der Waals surface area (Å²) in [5.41, 5.74) is 8.64. The molecule has 2 amide bonds. The molecule has 0 saturated carbocycles. The number of anilines is 3. The monoisotopic (exact) mass is 955 g/mol. The Hall–Kier alpha value is -6.44. The molecule has 0 aliphatic carbocycles. The fourth-order valence-electron chi connectivity index (χ4n) is 9.26. The van der Waals surface area contributed by atoms with Gasteiger partial charge in [-0.3, -0.25) is 19.5 Å². The largest absolute Gasteiger partial charge is 0.493 e. The van der Waals surface area contributed by atoms with Gasteiger partial charge in [-0.15, -0.1) is 6.42 Å². The van der Waals surface area contributed by atoms with E-state index in [1.807, 2.05) is 59.3 Å². The Morgan fingerprint density at radius 2 is 1.51 bits per heavy atom. The number of benzene rings is 4. The molecule has 0 saturated heterocycles. The predicted molar refractivity (Wildman–Crippen MR) is 273 cm³/mol. The summed E-state index contributed by atoms with van der Waals surface area (Å²) >= 11 is 4.94. The third-order valence-corrected chi connectivity index (χ3v) is 12.6. The van der Waals surface area contributed by atoms with Crippen LogP contribution in [0.4, 0.5) is 22.7 Å². The van der Waals surface area contributed by atoms with Gasteiger partial charge < -0.3 is 48.3 Å². The summed E-state index contributed by atoms with van der Waals surface area (Å²) in [7, 11) is 4.77. The van der Waals surface area contributed by atoms with Crippen molar-refractivity contribution in [2.45, 2.75) is 63.7 Å². The number of allylic oxidation sites excluding steroid dienone is 2. The Bertz CT molecular complexity index is 2690. The molecule has 1 N–H and O–H groups in total. The van der Waals surface area contributed by atoms with Crippen LogP contribution < -0.4 is 34.1 Å². The molecule has 8 rings (SSSR count). The molecule has 4 heterocycles. The van der Waals surface area contributed by atoms with E-state index >= 15 is 0 Å². The topological polar surface area (TPSA) is 133 Å². The number of nitrogens with one attached hydrogen (secondary N) is 1. The Labute approximate surface area is 410 Å². The van der Waals surface area contributed by atoms with Gasteiger partial charge in [-0.1, -0.05) is 24.1 Å². The van der Waals surface area contributed by atoms with Gasteiger partial charge in [-0.2, -0.15) is 12.6 Å². The molecule has 4 aromatic carbocycles. The number of terminal acetylenes is 1. The van der Waals surface area contributed by atoms with Gasteiger partial charge in [0.25, 0.3) is 11.8 Å². The number of thiol groups is 1. The number of hydrogen-bond donors (Lipinski definition) is 2. The maximum absolute atomic E-state index is 14.2. The average molecular weight is 956 g/mol. The Morgan fingerprint density at radius 3 is 2.20 bits per heavy atom. The fourth-order valence-corrected chi connectivity index (χ4v) is 9.43. The van der Waals surface area contributed by atoms with Crippen LogP contribution in [-0.4, -0.2) is 114 Å². The standard InChI is InChI=1S/C54H61N5O9S/c1-8-9-13-46-35(2)21-40-30-55-44-28-50(48(63-6)26-42(44)52(60)58(40)46)67-32-36-22-37(24-39(23-36)57(34-54(3,4)69)15-16-65-19-20-66-18-17-62-5)33-68-51-29-45-43(27-49(51)64-7)53(61)59-41(31-56-45)25-38-12-10-11-14-47(38)59/h1,9-14,22-24,26-29,31,40-41,55,69H,15-21,25,30,32-34H2,2-7H3/b13-9-/t40-,41-/m0/s1. The molecule has 0 fully saturated rings. The molecule has 0 radical (unpaired) electrons. The number of hydrogen-bond acceptors (Lipinski definition) is 13. The molecule has 69 heavy (non-hydrogen) atoms. The van der Waals surface area contributed by atoms with Crippen molar-refractivity contribution in [2.24, 2.45) is 4.99 Å². The Balaban J connectivity index is 1.07. The highest BCUT2D eigenvalue weighted by molar-refractivity contribution is 7.81. The molecule has 4 aromatic rings. The molecule has 0 aromatic heterocycles. The van der Waals surface area contributed by atoms with E-state index in [0.717, 1.165) is 45.8 Å². The molecule has 2 atom stereocenters. The minimum absolute atomic E-state index is 0.0669. The number of para-hydroxylation sites is 1. The van der Waals surface area contributed by atoms with Crippen molar-refractivity contribution < 1.29 is 42.7 Å². The van der Waals surface area contributed by atoms with Gasteiger partial charge in [0.05, 0.1) is 81.8 Å². The van der Waals surface area contributed by atoms with Gasteiger partial charge in [0, 0.05) is 73.3 Å². The number of nitrogens with zero attached hydrogens (tertiary/aromatic N) is 4. The van der Waals surface area contributed by atoms with E-state index in [9.17, 15) is 9.59 Å². The summed E-state index contributed by atoms with van der Waals surface area (Å²) < 4.78 is 41.2. The van der Waals surface area contributed by atoms with E-state index in [1.54, 1.807) is 45.6 Å². The maximum atomic E-state index is 14.2. The van der Waals surface area contributed by atoms with Crippen molar-refractivity contribution in [2.75, 3.05) is 89.1 Å². The van der Waals surface area contributed by atoms with Crippen LogP contribution in [-0.2, 0) is 33.8 Å². The van der Waals surface area contributed by atoms with Gasteiger partial charge >= 0.3 is 0 Å². The molecule has 0 spiro atoms. The molecular formula is C54H61N5O9S. The second-order valence-electron chi connectivity index (χ2n) is 18.0. The van der Waals surface area contributed by atoms with Crippen molar-refractivity contribution in [3.63, 3.8) is 0 Å². The molecule has 4 aliphatic rings. The summed E-state index contributed by atoms with van der Waals surface area (Å²) in [5.74, 6) is 4.03. The Kier molecular flexibility index (Phi) is 15.5. The number of aliphatic imine (C=N–C) groups is 1. The predicted octanol–water partition coefficient (Wildman–Crippen LogP) is 8.45. The van der Waals surface area contributed by atoms with Crippen LogP contribution in [0.2, 0.25) is 0 Å². The second-order valence-corrected chi connectivity index (χ2v) is 19.2. The van der Waals surface area contributed by atoms with Crippen molar-refractivity contribution in [3.05, 3.63) is 118 Å². The SMILES string of the molecule is C#C/C=C\C1=C(C)C[C@H]2CNc3cc(OCc4cc(COc5cc6c(cc5OC)C(=O)N5c7ccccc7C[C@H]5C=N6)cc(N(CCOCCOCCOC)CC(C)(C)S)c4)c(OC)cc3C(=O)N12. The first kappa shape index (κ1) is 49.0. The van der Waals surface area contributed by atoms with E-state index in [0.29, 0.717) is 105 Å². The lowest BCUT2D eigenvalue weighted by Crippen LogP contribution is -2.37. The van der Waals surface area contributed by atoms with Gasteiger partial charge in [-0.05, 0) is 98.0 Å². The second kappa shape index (κ2) is 21.9. The first-order valence-electron chi connectivity index (χ1n) is 23.2. The van der Waals surface area contributed by atoms with Crippen LogP contribution in [0.3, 0.4) is 0 Å². The van der Waals surface area contributed by atoms with Crippen LogP contribution in [0.15, 0.2) is 95.1 Å². The zero-order valence-corrected chi connectivity index (χ0v) is 41.1. The highest BCUT2D eigenvalue weighted by Gasteiger charge is 2.38. The molecule has 0 bridgehead atoms. The maximum Gasteiger partial charge on any atom is 0.261 e. The number of fused-ring (bicyclic) bond motifs is 6. The highest BCUT2D eigenvalue weighted by Crippen LogP contribution is 2.43. The van der Waals surface area contributed by atoms with Crippen molar-refractivity contribution in [1.29, 1.82) is 0 Å². The zero-order valence-electron chi connectivity index (χ0n) is 40.2. The lowest BCUT2D eigenvalue weighted by Gasteiger charge is -2.32. The summed E-state index contributed by atoms with van der Waals surface area (Å²) in [6.07, 6.45) is 12.3. The minimum Gasteiger partial charge on any atom is -0.493 e. The molecule has 4 aliphatic heterocycles. The third-order valence-electron chi connectivity index (χ3n) is 12.4. The smallest absolute Gasteiger partial charge is 0.261 e. The molecule has 362 valence electrons. The first-order valence-corrected chi connectivity index (χ1v) is 23.6. The summed E-state index contributed by atoms with van der Waals surface area (Å²) in [6.45, 7) is 10.6. The number of methoxy groups -OCH3 is 3. The lowest BCUT2D eigenvalue weighted by atomic mass is 10.1. The number of carbonyl (C=O) groups excluding carboxylic acids is 2. The minimum atomic E-state index is -0.363. The molecular weight excluding hydrogens is 895 g/mol. The summed E-state index contributed by atoms with van der Waals surface area (Å²) in [4.78, 5) is 39.0. The first-order chi connectivity index (χ1) is 33.4. The summed E-state index contributed by atoms with van der Waals surface area (Å²) in [6, 6.07) is 21.0. The van der Waals surface area contributed by atoms with Gasteiger partial charge in [0.1, 0.15) is 13.2 Å². The fraction of sp³-hybridized carbons (Fsp3) is 0.389. The van der Waals surface area contributed by atoms with Crippen LogP contribution in [0, 0.1) is 12.3 Å². The molecule has 14 nitrogen and oxygen atoms in total. The van der Waals surface area contributed by atoms with E-state index in [2.05, 4.69) is 48.2 Å². The van der Waals surface area contributed by atoms with E-state index < -0.39 is 0 Å². The molecule has 15 heteroatoms. The quantitative estimate of drug-likeness (QED) is 0.0474. The number of rotatable bonds is 21. The van der Waals surface area contributed by atoms with Crippen LogP contribution in [0.1, 0.15) is 64.6 Å². The summed E-state index contributed by atoms with van der Waals surface area (Å²) in [5, 5.41) is 3.51. The van der Waals surface area contributed by atoms with Crippen molar-refractivity contribution in [1.82, 2.24) is 4.90 Å². The normalized spacial score (nSPS) is 17.1. The molecule has 0 unspecified atom stereocenters. The van der Waals surface area contributed by atoms with Gasteiger partial charge in [-0.25, -0.2) is 0 Å².